The van der Waals surface area contributed by atoms with Crippen LogP contribution in [0.3, 0.4) is 0 Å². The minimum Gasteiger partial charge on any atom is -0.481 e. The van der Waals surface area contributed by atoms with Gasteiger partial charge in [-0.25, -0.2) is 4.98 Å². The van der Waals surface area contributed by atoms with Crippen molar-refractivity contribution in [3.8, 4) is 0 Å². The van der Waals surface area contributed by atoms with Gasteiger partial charge in [-0.05, 0) is 11.6 Å². The summed E-state index contributed by atoms with van der Waals surface area (Å²) in [5.74, 6) is -0.799. The van der Waals surface area contributed by atoms with Crippen LogP contribution < -0.4 is 5.32 Å². The van der Waals surface area contributed by atoms with Crippen LogP contribution in [0.25, 0.3) is 0 Å². The summed E-state index contributed by atoms with van der Waals surface area (Å²) in [4.78, 5) is 14.1. The number of rotatable bonds is 5. The summed E-state index contributed by atoms with van der Waals surface area (Å²) in [7, 11) is 0. The maximum atomic E-state index is 10.2. The van der Waals surface area contributed by atoms with Crippen molar-refractivity contribution in [1.82, 2.24) is 10.3 Å². The lowest BCUT2D eigenvalue weighted by Crippen LogP contribution is -2.17. The Balaban J connectivity index is 2.25. The Morgan fingerprint density at radius 3 is 2.93 bits per heavy atom. The first-order valence-corrected chi connectivity index (χ1v) is 4.59. The number of carboxylic acid groups (broad SMARTS) is 1. The van der Waals surface area contributed by atoms with Crippen LogP contribution in [-0.4, -0.2) is 22.6 Å². The fourth-order valence-electron chi connectivity index (χ4n) is 0.939. The van der Waals surface area contributed by atoms with E-state index in [0.717, 1.165) is 5.56 Å². The Bertz CT molecular complexity index is 300. The van der Waals surface area contributed by atoms with Crippen molar-refractivity contribution in [3.05, 3.63) is 29.0 Å². The normalized spacial score (nSPS) is 10.1. The number of hydrogen-bond acceptors (Lipinski definition) is 3. The van der Waals surface area contributed by atoms with Gasteiger partial charge in [0.2, 0.25) is 0 Å². The minimum atomic E-state index is -0.799. The first kappa shape index (κ1) is 10.9. The fraction of sp³-hybridized carbons (Fsp3) is 0.333. The van der Waals surface area contributed by atoms with Gasteiger partial charge in [0.05, 0.1) is 6.42 Å². The van der Waals surface area contributed by atoms with E-state index in [-0.39, 0.29) is 6.42 Å². The number of halogens is 1. The number of nitrogens with zero attached hydrogens (tertiary/aromatic N) is 1. The molecule has 0 aliphatic carbocycles. The van der Waals surface area contributed by atoms with Gasteiger partial charge >= 0.3 is 5.97 Å². The van der Waals surface area contributed by atoms with Gasteiger partial charge in [-0.3, -0.25) is 4.79 Å². The molecule has 4 nitrogen and oxygen atoms in total. The third-order valence-corrected chi connectivity index (χ3v) is 1.86. The largest absolute Gasteiger partial charge is 0.481 e. The molecule has 1 aromatic heterocycles. The van der Waals surface area contributed by atoms with Crippen molar-refractivity contribution >= 4 is 17.6 Å². The molecule has 14 heavy (non-hydrogen) atoms. The molecule has 0 fully saturated rings. The molecule has 1 aromatic rings. The second kappa shape index (κ2) is 5.57. The van der Waals surface area contributed by atoms with E-state index < -0.39 is 5.97 Å². The summed E-state index contributed by atoms with van der Waals surface area (Å²) in [6.07, 6.45) is 1.79. The predicted molar refractivity (Wildman–Crippen MR) is 53.2 cm³/mol. The lowest BCUT2D eigenvalue weighted by Gasteiger charge is -2.02. The molecule has 0 unspecified atom stereocenters. The molecule has 0 bridgehead atoms. The third kappa shape index (κ3) is 4.20. The molecule has 0 saturated carbocycles. The number of carbonyl (C=O) groups is 1. The highest BCUT2D eigenvalue weighted by Gasteiger charge is 1.96. The number of aliphatic carboxylic acids is 1. The highest BCUT2D eigenvalue weighted by Crippen LogP contribution is 2.04. The van der Waals surface area contributed by atoms with E-state index in [0.29, 0.717) is 18.2 Å². The molecule has 0 spiro atoms. The van der Waals surface area contributed by atoms with Crippen LogP contribution in [0.5, 0.6) is 0 Å². The molecule has 0 radical (unpaired) electrons. The molecule has 0 amide bonds. The molecule has 5 heteroatoms. The lowest BCUT2D eigenvalue weighted by molar-refractivity contribution is -0.136. The molecule has 0 saturated heterocycles. The molecule has 0 aliphatic heterocycles. The summed E-state index contributed by atoms with van der Waals surface area (Å²) in [6, 6.07) is 3.55. The highest BCUT2D eigenvalue weighted by atomic mass is 35.5. The molecule has 76 valence electrons. The second-order valence-electron chi connectivity index (χ2n) is 2.81. The summed E-state index contributed by atoms with van der Waals surface area (Å²) in [6.45, 7) is 1.06. The average molecular weight is 215 g/mol. The van der Waals surface area contributed by atoms with Gasteiger partial charge in [0.1, 0.15) is 5.15 Å². The molecular formula is C9H11ClN2O2. The second-order valence-corrected chi connectivity index (χ2v) is 3.20. The zero-order valence-electron chi connectivity index (χ0n) is 7.53. The summed E-state index contributed by atoms with van der Waals surface area (Å²) < 4.78 is 0. The van der Waals surface area contributed by atoms with Gasteiger partial charge < -0.3 is 10.4 Å². The molecule has 0 aromatic carbocycles. The zero-order valence-corrected chi connectivity index (χ0v) is 8.29. The van der Waals surface area contributed by atoms with E-state index in [4.69, 9.17) is 16.7 Å². The van der Waals surface area contributed by atoms with Crippen LogP contribution in [0.15, 0.2) is 18.3 Å². The Hall–Kier alpha value is -1.13. The number of aromatic nitrogens is 1. The third-order valence-electron chi connectivity index (χ3n) is 1.63. The first-order valence-electron chi connectivity index (χ1n) is 4.21. The van der Waals surface area contributed by atoms with Crippen molar-refractivity contribution in [2.45, 2.75) is 13.0 Å². The topological polar surface area (TPSA) is 62.2 Å². The SMILES string of the molecule is O=C(O)CCNCc1ccc(Cl)nc1. The van der Waals surface area contributed by atoms with Crippen LogP contribution in [0, 0.1) is 0 Å². The lowest BCUT2D eigenvalue weighted by atomic mass is 10.3. The van der Waals surface area contributed by atoms with Crippen LogP contribution in [0.1, 0.15) is 12.0 Å². The van der Waals surface area contributed by atoms with Gasteiger partial charge in [-0.2, -0.15) is 0 Å². The van der Waals surface area contributed by atoms with E-state index in [2.05, 4.69) is 10.3 Å². The van der Waals surface area contributed by atoms with Crippen LogP contribution in [0.4, 0.5) is 0 Å². The van der Waals surface area contributed by atoms with Crippen LogP contribution in [-0.2, 0) is 11.3 Å². The monoisotopic (exact) mass is 214 g/mol. The number of carboxylic acids is 1. The molecular weight excluding hydrogens is 204 g/mol. The maximum absolute atomic E-state index is 10.2. The van der Waals surface area contributed by atoms with E-state index in [1.165, 1.54) is 0 Å². The molecule has 0 aliphatic rings. The minimum absolute atomic E-state index is 0.126. The Morgan fingerprint density at radius 1 is 1.57 bits per heavy atom. The summed E-state index contributed by atoms with van der Waals surface area (Å²) in [5.41, 5.74) is 0.986. The van der Waals surface area contributed by atoms with Crippen molar-refractivity contribution in [2.75, 3.05) is 6.54 Å². The van der Waals surface area contributed by atoms with Crippen LogP contribution >= 0.6 is 11.6 Å². The van der Waals surface area contributed by atoms with Gasteiger partial charge in [0.25, 0.3) is 0 Å². The van der Waals surface area contributed by atoms with E-state index in [1.54, 1.807) is 12.3 Å². The Kier molecular flexibility index (Phi) is 4.35. The quantitative estimate of drug-likeness (QED) is 0.573. The van der Waals surface area contributed by atoms with Gasteiger partial charge in [-0.1, -0.05) is 17.7 Å². The van der Waals surface area contributed by atoms with Crippen molar-refractivity contribution < 1.29 is 9.90 Å². The number of nitrogens with one attached hydrogen (secondary N) is 1. The van der Waals surface area contributed by atoms with Crippen molar-refractivity contribution in [3.63, 3.8) is 0 Å². The van der Waals surface area contributed by atoms with Gasteiger partial charge in [0, 0.05) is 19.3 Å². The molecule has 1 rings (SSSR count). The number of pyridine rings is 1. The van der Waals surface area contributed by atoms with Crippen molar-refractivity contribution in [2.24, 2.45) is 0 Å². The fourth-order valence-corrected chi connectivity index (χ4v) is 1.05. The number of hydrogen-bond donors (Lipinski definition) is 2. The Labute approximate surface area is 86.9 Å². The van der Waals surface area contributed by atoms with E-state index in [1.807, 2.05) is 6.07 Å². The smallest absolute Gasteiger partial charge is 0.304 e. The predicted octanol–water partition coefficient (Wildman–Crippen LogP) is 1.30. The average Bonchev–Trinajstić information content (AvgIpc) is 2.15. The van der Waals surface area contributed by atoms with E-state index >= 15 is 0 Å². The van der Waals surface area contributed by atoms with Gasteiger partial charge in [-0.15, -0.1) is 0 Å². The first-order chi connectivity index (χ1) is 6.68. The maximum Gasteiger partial charge on any atom is 0.304 e. The van der Waals surface area contributed by atoms with Crippen LogP contribution in [0.2, 0.25) is 5.15 Å². The zero-order chi connectivity index (χ0) is 10.4. The van der Waals surface area contributed by atoms with E-state index in [9.17, 15) is 4.79 Å². The van der Waals surface area contributed by atoms with Gasteiger partial charge in [0.15, 0.2) is 0 Å². The Morgan fingerprint density at radius 2 is 2.36 bits per heavy atom. The van der Waals surface area contributed by atoms with Crippen molar-refractivity contribution in [1.29, 1.82) is 0 Å². The molecule has 1 heterocycles. The highest BCUT2D eigenvalue weighted by molar-refractivity contribution is 6.29. The molecule has 0 atom stereocenters. The molecule has 2 N–H and O–H groups in total. The summed E-state index contributed by atoms with van der Waals surface area (Å²) >= 11 is 5.61. The standard InChI is InChI=1S/C9H11ClN2O2/c10-8-2-1-7(6-12-8)5-11-4-3-9(13)14/h1-2,6,11H,3-5H2,(H,13,14). The summed E-state index contributed by atoms with van der Waals surface area (Å²) in [5, 5.41) is 11.8.